The lowest BCUT2D eigenvalue weighted by atomic mass is 9.46. The van der Waals surface area contributed by atoms with Crippen LogP contribution in [0.2, 0.25) is 5.02 Å². The van der Waals surface area contributed by atoms with Crippen LogP contribution in [-0.2, 0) is 35.0 Å². The van der Waals surface area contributed by atoms with Crippen molar-refractivity contribution in [1.82, 2.24) is 15.2 Å². The molecule has 0 saturated heterocycles. The van der Waals surface area contributed by atoms with Crippen molar-refractivity contribution in [3.05, 3.63) is 93.7 Å². The molecule has 3 fully saturated rings. The molecule has 0 bridgehead atoms. The van der Waals surface area contributed by atoms with Crippen LogP contribution in [0.4, 0.5) is 4.79 Å². The third kappa shape index (κ3) is 7.82. The number of aliphatic hydroxyl groups excluding tert-OH is 1. The summed E-state index contributed by atoms with van der Waals surface area (Å²) in [7, 11) is 0. The molecule has 60 heavy (non-hydrogen) atoms. The van der Waals surface area contributed by atoms with Crippen LogP contribution in [-0.4, -0.2) is 77.5 Å². The van der Waals surface area contributed by atoms with E-state index in [2.05, 4.69) is 17.6 Å². The third-order valence-corrected chi connectivity index (χ3v) is 14.2. The highest BCUT2D eigenvalue weighted by atomic mass is 35.5. The summed E-state index contributed by atoms with van der Waals surface area (Å²) in [6.45, 7) is 10.4. The first kappa shape index (κ1) is 43.3. The zero-order valence-electron chi connectivity index (χ0n) is 35.1. The number of nitrogens with one attached hydrogen (secondary N) is 2. The van der Waals surface area contributed by atoms with Gasteiger partial charge in [-0.05, 0) is 138 Å². The van der Waals surface area contributed by atoms with Crippen LogP contribution < -0.4 is 10.6 Å². The van der Waals surface area contributed by atoms with Crippen molar-refractivity contribution in [3.8, 4) is 0 Å². The van der Waals surface area contributed by atoms with Crippen molar-refractivity contribution in [2.45, 2.75) is 97.7 Å². The number of fused-ring (bicyclic) bond motifs is 6. The zero-order chi connectivity index (χ0) is 43.0. The van der Waals surface area contributed by atoms with Crippen molar-refractivity contribution in [3.63, 3.8) is 0 Å². The maximum atomic E-state index is 14.2. The van der Waals surface area contributed by atoms with E-state index in [0.29, 0.717) is 48.6 Å². The van der Waals surface area contributed by atoms with E-state index in [1.165, 1.54) is 0 Å². The Morgan fingerprint density at radius 3 is 2.50 bits per heavy atom. The fraction of sp³-hybridized carbons (Fsp3) is 0.511. The Labute approximate surface area is 356 Å². The second-order valence-electron chi connectivity index (χ2n) is 17.4. The Morgan fingerprint density at radius 2 is 1.75 bits per heavy atom. The topological polar surface area (TPSA) is 162 Å². The summed E-state index contributed by atoms with van der Waals surface area (Å²) >= 11 is 6.06. The molecule has 3 saturated carbocycles. The van der Waals surface area contributed by atoms with E-state index in [1.54, 1.807) is 47.9 Å². The first-order valence-corrected chi connectivity index (χ1v) is 21.5. The molecule has 2 aromatic carbocycles. The van der Waals surface area contributed by atoms with E-state index in [-0.39, 0.29) is 68.0 Å². The molecule has 12 nitrogen and oxygen atoms in total. The van der Waals surface area contributed by atoms with Gasteiger partial charge in [0.05, 0.1) is 24.6 Å². The Morgan fingerprint density at radius 1 is 1.00 bits per heavy atom. The fourth-order valence-electron chi connectivity index (χ4n) is 11.1. The highest BCUT2D eigenvalue weighted by Crippen LogP contribution is 2.68. The quantitative estimate of drug-likeness (QED) is 0.0904. The molecule has 1 amide bonds. The maximum Gasteiger partial charge on any atom is 0.509 e. The molecule has 1 unspecified atom stereocenters. The van der Waals surface area contributed by atoms with Gasteiger partial charge in [0.25, 0.3) is 5.91 Å². The summed E-state index contributed by atoms with van der Waals surface area (Å²) in [4.78, 5) is 66.2. The number of amides is 1. The third-order valence-electron chi connectivity index (χ3n) is 14.0. The van der Waals surface area contributed by atoms with Gasteiger partial charge in [-0.3, -0.25) is 24.3 Å². The Bertz CT molecular complexity index is 2250. The summed E-state index contributed by atoms with van der Waals surface area (Å²) in [5.41, 5.74) is 1.76. The molecule has 1 heterocycles. The smallest absolute Gasteiger partial charge is 0.447 e. The minimum atomic E-state index is -1.65. The molecule has 0 aliphatic heterocycles. The number of aliphatic hydroxyl groups is 1. The van der Waals surface area contributed by atoms with Crippen LogP contribution >= 0.6 is 11.6 Å². The average molecular weight is 842 g/mol. The lowest BCUT2D eigenvalue weighted by molar-refractivity contribution is -0.201. The van der Waals surface area contributed by atoms with E-state index in [1.807, 2.05) is 45.0 Å². The number of carbonyl (C=O) groups excluding carboxylic acids is 5. The SMILES string of the molecule is CCOC(=O)OC1(C(=O)OCNCCCCNC(=O)Cc2c(C)n(C(=O)c3ccc(Cl)cc3)c3ccc(C)cc23)CC[C@@H]2[C@H]3CCC4=CC(=O)C=C[C@@]4(C)[C@@H]3[C@H](O)C[C@]21C. The van der Waals surface area contributed by atoms with Gasteiger partial charge < -0.3 is 24.6 Å². The van der Waals surface area contributed by atoms with Crippen molar-refractivity contribution in [2.75, 3.05) is 26.4 Å². The van der Waals surface area contributed by atoms with Crippen molar-refractivity contribution >= 4 is 52.2 Å². The first-order chi connectivity index (χ1) is 28.6. The summed E-state index contributed by atoms with van der Waals surface area (Å²) in [5.74, 6) is -1.20. The predicted molar refractivity (Wildman–Crippen MR) is 226 cm³/mol. The summed E-state index contributed by atoms with van der Waals surface area (Å²) in [6.07, 6.45) is 7.49. The molecule has 0 spiro atoms. The van der Waals surface area contributed by atoms with Crippen molar-refractivity contribution in [1.29, 1.82) is 0 Å². The molecule has 13 heteroatoms. The standard InChI is InChI=1S/C47H56ClN3O9/c1-6-58-44(57)60-47(20-18-37-34-15-12-31-24-33(52)17-19-45(31,4)41(34)39(53)26-46(37,47)5)43(56)59-27-49-21-7-8-22-50-40(54)25-35-29(3)51(38-16-9-28(2)23-36(35)38)42(55)30-10-13-32(48)14-11-30/h9-11,13-14,16-17,19,23-24,34,37,39,41,49,53H,6-8,12,15,18,20-22,25-27H2,1-5H3,(H,50,54)/t34-,37-,39-,41+,45-,46-,47?/m1/s1. The van der Waals surface area contributed by atoms with Crippen molar-refractivity contribution in [2.24, 2.45) is 28.6 Å². The number of ketones is 1. The van der Waals surface area contributed by atoms with Crippen LogP contribution in [0.3, 0.4) is 0 Å². The average Bonchev–Trinajstić information content (AvgIpc) is 3.64. The monoisotopic (exact) mass is 841 g/mol. The summed E-state index contributed by atoms with van der Waals surface area (Å²) in [6, 6.07) is 12.6. The number of esters is 1. The number of benzene rings is 2. The molecule has 320 valence electrons. The lowest BCUT2D eigenvalue weighted by Gasteiger charge is -2.59. The zero-order valence-corrected chi connectivity index (χ0v) is 35.9. The minimum Gasteiger partial charge on any atom is -0.447 e. The summed E-state index contributed by atoms with van der Waals surface area (Å²) in [5, 5.41) is 19.4. The normalized spacial score (nSPS) is 28.0. The number of carbonyl (C=O) groups is 5. The number of aromatic nitrogens is 1. The van der Waals surface area contributed by atoms with Crippen LogP contribution in [0, 0.1) is 42.4 Å². The minimum absolute atomic E-state index is 0.0361. The Balaban J connectivity index is 0.926. The van der Waals surface area contributed by atoms with Gasteiger partial charge in [-0.2, -0.15) is 0 Å². The van der Waals surface area contributed by atoms with Gasteiger partial charge >= 0.3 is 12.1 Å². The molecule has 3 N–H and O–H groups in total. The lowest BCUT2D eigenvalue weighted by Crippen LogP contribution is -2.63. The highest BCUT2D eigenvalue weighted by molar-refractivity contribution is 6.30. The van der Waals surface area contributed by atoms with Gasteiger partial charge in [0, 0.05) is 45.0 Å². The largest absolute Gasteiger partial charge is 0.509 e. The Kier molecular flexibility index (Phi) is 12.5. The number of nitrogens with zero attached hydrogens (tertiary/aromatic N) is 1. The van der Waals surface area contributed by atoms with E-state index < -0.39 is 34.7 Å². The molecule has 1 aromatic heterocycles. The van der Waals surface area contributed by atoms with E-state index in [9.17, 15) is 29.1 Å². The van der Waals surface area contributed by atoms with Gasteiger partial charge in [0.2, 0.25) is 11.5 Å². The highest BCUT2D eigenvalue weighted by Gasteiger charge is 2.71. The molecule has 4 aliphatic carbocycles. The maximum absolute atomic E-state index is 14.2. The van der Waals surface area contributed by atoms with Crippen LogP contribution in [0.15, 0.2) is 66.3 Å². The van der Waals surface area contributed by atoms with Crippen LogP contribution in [0.25, 0.3) is 10.9 Å². The van der Waals surface area contributed by atoms with E-state index >= 15 is 0 Å². The van der Waals surface area contributed by atoms with Crippen LogP contribution in [0.5, 0.6) is 0 Å². The Hall–Kier alpha value is -4.78. The van der Waals surface area contributed by atoms with Gasteiger partial charge in [-0.25, -0.2) is 9.59 Å². The second kappa shape index (κ2) is 17.3. The molecule has 7 atom stereocenters. The number of halogens is 1. The number of aryl methyl sites for hydroxylation is 1. The van der Waals surface area contributed by atoms with Crippen LogP contribution in [0.1, 0.15) is 92.9 Å². The molecule has 0 radical (unpaired) electrons. The van der Waals surface area contributed by atoms with Crippen molar-refractivity contribution < 1.29 is 43.3 Å². The molecule has 7 rings (SSSR count). The van der Waals surface area contributed by atoms with Gasteiger partial charge in [-0.1, -0.05) is 48.7 Å². The number of ether oxygens (including phenoxy) is 3. The fourth-order valence-corrected chi connectivity index (χ4v) is 11.2. The van der Waals surface area contributed by atoms with Gasteiger partial charge in [-0.15, -0.1) is 0 Å². The molecular formula is C47H56ClN3O9. The molecular weight excluding hydrogens is 786 g/mol. The van der Waals surface area contributed by atoms with Gasteiger partial charge in [0.1, 0.15) is 6.73 Å². The number of hydrogen-bond donors (Lipinski definition) is 3. The predicted octanol–water partition coefficient (Wildman–Crippen LogP) is 7.32. The van der Waals surface area contributed by atoms with E-state index in [0.717, 1.165) is 40.4 Å². The summed E-state index contributed by atoms with van der Waals surface area (Å²) < 4.78 is 18.6. The molecule has 3 aromatic rings. The first-order valence-electron chi connectivity index (χ1n) is 21.2. The molecule has 4 aliphatic rings. The van der Waals surface area contributed by atoms with Gasteiger partial charge in [0.15, 0.2) is 5.78 Å². The number of unbranched alkanes of at least 4 members (excludes halogenated alkanes) is 1. The second-order valence-corrected chi connectivity index (χ2v) is 17.8. The van der Waals surface area contributed by atoms with E-state index in [4.69, 9.17) is 25.8 Å². The number of hydrogen-bond acceptors (Lipinski definition) is 10. The number of allylic oxidation sites excluding steroid dienone is 4. The number of rotatable bonds is 13.